The van der Waals surface area contributed by atoms with Crippen LogP contribution in [0.2, 0.25) is 0 Å². The van der Waals surface area contributed by atoms with Crippen LogP contribution in [0.15, 0.2) is 0 Å². The molecule has 2 atom stereocenters. The first-order valence-corrected chi connectivity index (χ1v) is 5.04. The van der Waals surface area contributed by atoms with E-state index in [9.17, 15) is 9.59 Å². The van der Waals surface area contributed by atoms with Crippen LogP contribution in [0, 0.1) is 0 Å². The van der Waals surface area contributed by atoms with Crippen LogP contribution >= 0.6 is 12.6 Å². The maximum Gasteiger partial charge on any atom is 0.242 e. The van der Waals surface area contributed by atoms with Crippen molar-refractivity contribution in [3.8, 4) is 0 Å². The molecule has 0 radical (unpaired) electrons. The van der Waals surface area contributed by atoms with Gasteiger partial charge in [-0.05, 0) is 19.1 Å². The fraction of sp³-hybridized carbons (Fsp3) is 0.750. The molecule has 5 nitrogen and oxygen atoms in total. The van der Waals surface area contributed by atoms with Crippen LogP contribution in [0.1, 0.15) is 13.3 Å². The van der Waals surface area contributed by atoms with Crippen molar-refractivity contribution in [2.24, 2.45) is 5.73 Å². The molecule has 0 spiro atoms. The van der Waals surface area contributed by atoms with Gasteiger partial charge in [0.05, 0.1) is 6.04 Å². The van der Waals surface area contributed by atoms with Gasteiger partial charge >= 0.3 is 0 Å². The van der Waals surface area contributed by atoms with Crippen LogP contribution < -0.4 is 16.4 Å². The zero-order chi connectivity index (χ0) is 11.1. The minimum absolute atomic E-state index is 0.239. The SMILES string of the molecule is CNC(=O)[C@H](C)NC(=O)[C@@H](N)CCS. The number of hydrogen-bond donors (Lipinski definition) is 4. The maximum absolute atomic E-state index is 11.3. The summed E-state index contributed by atoms with van der Waals surface area (Å²) in [5, 5.41) is 4.94. The van der Waals surface area contributed by atoms with Crippen LogP contribution in [-0.2, 0) is 9.59 Å². The molecule has 0 heterocycles. The summed E-state index contributed by atoms with van der Waals surface area (Å²) in [5.41, 5.74) is 5.52. The van der Waals surface area contributed by atoms with E-state index in [1.165, 1.54) is 7.05 Å². The minimum atomic E-state index is -0.598. The van der Waals surface area contributed by atoms with Gasteiger partial charge in [-0.2, -0.15) is 12.6 Å². The third-order valence-corrected chi connectivity index (χ3v) is 2.03. The molecule has 0 aliphatic carbocycles. The molecular weight excluding hydrogens is 202 g/mol. The number of likely N-dealkylation sites (N-methyl/N-ethyl adjacent to an activating group) is 1. The number of nitrogens with two attached hydrogens (primary N) is 1. The van der Waals surface area contributed by atoms with E-state index in [2.05, 4.69) is 23.3 Å². The van der Waals surface area contributed by atoms with Crippen LogP contribution in [0.5, 0.6) is 0 Å². The number of nitrogens with one attached hydrogen (secondary N) is 2. The lowest BCUT2D eigenvalue weighted by atomic mass is 10.2. The average molecular weight is 219 g/mol. The summed E-state index contributed by atoms with van der Waals surface area (Å²) >= 11 is 3.96. The van der Waals surface area contributed by atoms with Gasteiger partial charge in [-0.25, -0.2) is 0 Å². The second-order valence-electron chi connectivity index (χ2n) is 2.96. The Kier molecular flexibility index (Phi) is 6.31. The molecule has 14 heavy (non-hydrogen) atoms. The van der Waals surface area contributed by atoms with Gasteiger partial charge in [-0.3, -0.25) is 9.59 Å². The number of carbonyl (C=O) groups is 2. The first-order chi connectivity index (χ1) is 6.52. The molecule has 6 heteroatoms. The lowest BCUT2D eigenvalue weighted by Gasteiger charge is -2.15. The second-order valence-corrected chi connectivity index (χ2v) is 3.41. The van der Waals surface area contributed by atoms with Crippen LogP contribution in [0.25, 0.3) is 0 Å². The van der Waals surface area contributed by atoms with E-state index in [1.54, 1.807) is 6.92 Å². The third kappa shape index (κ3) is 4.48. The summed E-state index contributed by atoms with van der Waals surface area (Å²) in [6.07, 6.45) is 0.495. The maximum atomic E-state index is 11.3. The normalized spacial score (nSPS) is 14.3. The highest BCUT2D eigenvalue weighted by molar-refractivity contribution is 7.80. The molecule has 0 aromatic carbocycles. The van der Waals surface area contributed by atoms with Crippen LogP contribution in [-0.4, -0.2) is 36.7 Å². The fourth-order valence-electron chi connectivity index (χ4n) is 0.873. The van der Waals surface area contributed by atoms with Crippen molar-refractivity contribution in [1.29, 1.82) is 0 Å². The summed E-state index contributed by atoms with van der Waals surface area (Å²) in [6.45, 7) is 1.60. The number of hydrogen-bond acceptors (Lipinski definition) is 4. The topological polar surface area (TPSA) is 84.2 Å². The highest BCUT2D eigenvalue weighted by Gasteiger charge is 2.18. The van der Waals surface area contributed by atoms with Crippen molar-refractivity contribution in [2.75, 3.05) is 12.8 Å². The van der Waals surface area contributed by atoms with Gasteiger partial charge in [0, 0.05) is 7.05 Å². The van der Waals surface area contributed by atoms with Crippen LogP contribution in [0.4, 0.5) is 0 Å². The quantitative estimate of drug-likeness (QED) is 0.442. The smallest absolute Gasteiger partial charge is 0.242 e. The van der Waals surface area contributed by atoms with E-state index in [0.717, 1.165) is 0 Å². The molecule has 0 unspecified atom stereocenters. The highest BCUT2D eigenvalue weighted by Crippen LogP contribution is 1.92. The van der Waals surface area contributed by atoms with E-state index < -0.39 is 12.1 Å². The van der Waals surface area contributed by atoms with Crippen molar-refractivity contribution >= 4 is 24.4 Å². The van der Waals surface area contributed by atoms with Crippen molar-refractivity contribution in [1.82, 2.24) is 10.6 Å². The monoisotopic (exact) mass is 219 g/mol. The predicted molar refractivity (Wildman–Crippen MR) is 58.1 cm³/mol. The Morgan fingerprint density at radius 1 is 1.43 bits per heavy atom. The molecule has 82 valence electrons. The zero-order valence-corrected chi connectivity index (χ0v) is 9.30. The zero-order valence-electron chi connectivity index (χ0n) is 8.41. The first-order valence-electron chi connectivity index (χ1n) is 4.41. The van der Waals surface area contributed by atoms with Gasteiger partial charge in [0.15, 0.2) is 0 Å². The molecule has 0 aliphatic rings. The van der Waals surface area contributed by atoms with Crippen molar-refractivity contribution < 1.29 is 9.59 Å². The molecule has 4 N–H and O–H groups in total. The van der Waals surface area contributed by atoms with Gasteiger partial charge in [0.25, 0.3) is 0 Å². The van der Waals surface area contributed by atoms with Crippen molar-refractivity contribution in [3.05, 3.63) is 0 Å². The Labute approximate surface area is 89.2 Å². The summed E-state index contributed by atoms with van der Waals surface area (Å²) in [4.78, 5) is 22.4. The Bertz CT molecular complexity index is 211. The number of rotatable bonds is 5. The van der Waals surface area contributed by atoms with E-state index in [0.29, 0.717) is 12.2 Å². The summed E-state index contributed by atoms with van der Waals surface area (Å²) < 4.78 is 0. The average Bonchev–Trinajstić information content (AvgIpc) is 2.16. The van der Waals surface area contributed by atoms with E-state index in [-0.39, 0.29) is 11.8 Å². The number of amides is 2. The predicted octanol–water partition coefficient (Wildman–Crippen LogP) is -1.12. The Hall–Kier alpha value is -0.750. The molecule has 0 rings (SSSR count). The first kappa shape index (κ1) is 13.2. The third-order valence-electron chi connectivity index (χ3n) is 1.78. The molecular formula is C8H17N3O2S. The fourth-order valence-corrected chi connectivity index (χ4v) is 1.15. The second kappa shape index (κ2) is 6.67. The largest absolute Gasteiger partial charge is 0.357 e. The molecule has 0 aromatic heterocycles. The van der Waals surface area contributed by atoms with Gasteiger partial charge in [0.2, 0.25) is 11.8 Å². The summed E-state index contributed by atoms with van der Waals surface area (Å²) in [7, 11) is 1.51. The Balaban J connectivity index is 3.98. The molecule has 0 aliphatic heterocycles. The minimum Gasteiger partial charge on any atom is -0.357 e. The molecule has 0 fully saturated rings. The van der Waals surface area contributed by atoms with E-state index >= 15 is 0 Å². The Morgan fingerprint density at radius 2 is 2.00 bits per heavy atom. The molecule has 2 amide bonds. The van der Waals surface area contributed by atoms with E-state index in [1.807, 2.05) is 0 Å². The lowest BCUT2D eigenvalue weighted by Crippen LogP contribution is -2.49. The van der Waals surface area contributed by atoms with E-state index in [4.69, 9.17) is 5.73 Å². The number of carbonyl (C=O) groups excluding carboxylic acids is 2. The summed E-state index contributed by atoms with van der Waals surface area (Å²) in [6, 6.07) is -1.15. The lowest BCUT2D eigenvalue weighted by molar-refractivity contribution is -0.128. The number of thiol groups is 1. The van der Waals surface area contributed by atoms with Crippen molar-refractivity contribution in [2.45, 2.75) is 25.4 Å². The highest BCUT2D eigenvalue weighted by atomic mass is 32.1. The van der Waals surface area contributed by atoms with Gasteiger partial charge in [0.1, 0.15) is 6.04 Å². The Morgan fingerprint density at radius 3 is 2.43 bits per heavy atom. The molecule has 0 saturated heterocycles. The molecule has 0 aromatic rings. The van der Waals surface area contributed by atoms with Gasteiger partial charge in [-0.1, -0.05) is 0 Å². The molecule has 0 bridgehead atoms. The summed E-state index contributed by atoms with van der Waals surface area (Å²) in [5.74, 6) is -0.0188. The van der Waals surface area contributed by atoms with Crippen LogP contribution in [0.3, 0.4) is 0 Å². The standard InChI is InChI=1S/C8H17N3O2S/c1-5(7(12)10-2)11-8(13)6(9)3-4-14/h5-6,14H,3-4,9H2,1-2H3,(H,10,12)(H,11,13)/t5-,6-/m0/s1. The van der Waals surface area contributed by atoms with Crippen molar-refractivity contribution in [3.63, 3.8) is 0 Å². The molecule has 0 saturated carbocycles. The van der Waals surface area contributed by atoms with Gasteiger partial charge < -0.3 is 16.4 Å². The van der Waals surface area contributed by atoms with Gasteiger partial charge in [-0.15, -0.1) is 0 Å².